The maximum absolute atomic E-state index is 12.9. The number of aliphatic imine (C=N–C) groups is 1. The van der Waals surface area contributed by atoms with Crippen LogP contribution in [0.25, 0.3) is 0 Å². The van der Waals surface area contributed by atoms with Crippen molar-refractivity contribution in [3.8, 4) is 0 Å². The Morgan fingerprint density at radius 2 is 1.89 bits per heavy atom. The molecule has 138 valence electrons. The lowest BCUT2D eigenvalue weighted by Gasteiger charge is -2.12. The van der Waals surface area contributed by atoms with Gasteiger partial charge in [-0.15, -0.1) is 0 Å². The van der Waals surface area contributed by atoms with Crippen molar-refractivity contribution in [3.05, 3.63) is 70.0 Å². The lowest BCUT2D eigenvalue weighted by Crippen LogP contribution is -2.28. The summed E-state index contributed by atoms with van der Waals surface area (Å²) in [6, 6.07) is 11.8. The Kier molecular flexibility index (Phi) is 5.35. The van der Waals surface area contributed by atoms with Crippen molar-refractivity contribution in [3.63, 3.8) is 0 Å². The third-order valence-corrected chi connectivity index (χ3v) is 4.19. The minimum atomic E-state index is -0.562. The van der Waals surface area contributed by atoms with Gasteiger partial charge in [0.25, 0.3) is 11.6 Å². The predicted molar refractivity (Wildman–Crippen MR) is 101 cm³/mol. The zero-order valence-electron chi connectivity index (χ0n) is 14.6. The van der Waals surface area contributed by atoms with Crippen LogP contribution in [0, 0.1) is 21.8 Å². The molecule has 1 atom stereocenters. The number of hydrogen-bond donors (Lipinski definition) is 0. The Morgan fingerprint density at radius 3 is 2.52 bits per heavy atom. The van der Waals surface area contributed by atoms with E-state index in [1.807, 2.05) is 0 Å². The van der Waals surface area contributed by atoms with E-state index in [0.29, 0.717) is 24.4 Å². The van der Waals surface area contributed by atoms with E-state index < -0.39 is 10.8 Å². The molecule has 7 nitrogen and oxygen atoms in total. The number of carbonyl (C=O) groups excluding carboxylic acids is 1. The second kappa shape index (κ2) is 7.86. The molecule has 2 aromatic rings. The zero-order valence-corrected chi connectivity index (χ0v) is 14.6. The van der Waals surface area contributed by atoms with Crippen LogP contribution < -0.4 is 5.01 Å². The zero-order chi connectivity index (χ0) is 19.4. The first-order valence-electron chi connectivity index (χ1n) is 8.33. The molecule has 0 spiro atoms. The second-order valence-corrected chi connectivity index (χ2v) is 6.07. The molecular formula is C19H17FN4O3. The third-order valence-electron chi connectivity index (χ3n) is 4.19. The number of rotatable bonds is 6. The van der Waals surface area contributed by atoms with Crippen LogP contribution in [0.2, 0.25) is 0 Å². The lowest BCUT2D eigenvalue weighted by atomic mass is 10.1. The lowest BCUT2D eigenvalue weighted by molar-refractivity contribution is -0.384. The van der Waals surface area contributed by atoms with Crippen LogP contribution in [0.3, 0.4) is 0 Å². The van der Waals surface area contributed by atoms with Gasteiger partial charge >= 0.3 is 0 Å². The second-order valence-electron chi connectivity index (χ2n) is 6.07. The number of carbonyl (C=O) groups is 1. The molecule has 0 N–H and O–H groups in total. The molecule has 3 rings (SSSR count). The maximum Gasteiger partial charge on any atom is 0.269 e. The normalized spacial score (nSPS) is 16.8. The number of nitro groups is 1. The summed E-state index contributed by atoms with van der Waals surface area (Å²) < 4.78 is 12.9. The molecule has 2 aromatic carbocycles. The van der Waals surface area contributed by atoms with Gasteiger partial charge in [0.05, 0.1) is 16.3 Å². The molecule has 1 aliphatic rings. The highest BCUT2D eigenvalue weighted by atomic mass is 19.1. The minimum absolute atomic E-state index is 0.0509. The minimum Gasteiger partial charge on any atom is -0.296 e. The van der Waals surface area contributed by atoms with Crippen LogP contribution in [0.4, 0.5) is 15.8 Å². The summed E-state index contributed by atoms with van der Waals surface area (Å²) in [5.74, 6) is -1.10. The van der Waals surface area contributed by atoms with Crippen molar-refractivity contribution >= 4 is 29.2 Å². The van der Waals surface area contributed by atoms with E-state index in [1.165, 1.54) is 41.4 Å². The number of benzene rings is 2. The predicted octanol–water partition coefficient (Wildman–Crippen LogP) is 3.39. The summed E-state index contributed by atoms with van der Waals surface area (Å²) in [6.45, 7) is 2.21. The molecule has 8 heteroatoms. The van der Waals surface area contributed by atoms with Gasteiger partial charge in [0.1, 0.15) is 11.7 Å². The molecule has 1 heterocycles. The Morgan fingerprint density at radius 1 is 1.22 bits per heavy atom. The molecule has 0 radical (unpaired) electrons. The Bertz CT molecular complexity index is 908. The fraction of sp³-hybridized carbons (Fsp3) is 0.211. The number of halogens is 1. The number of hydrazone groups is 1. The molecule has 0 saturated heterocycles. The molecule has 0 unspecified atom stereocenters. The monoisotopic (exact) mass is 368 g/mol. The summed E-state index contributed by atoms with van der Waals surface area (Å²) >= 11 is 0. The highest BCUT2D eigenvalue weighted by Crippen LogP contribution is 2.25. The van der Waals surface area contributed by atoms with Gasteiger partial charge in [-0.25, -0.2) is 4.39 Å². The standard InChI is InChI=1S/C19H17FN4O3/c1-13-18(12-21-11-10-14-2-4-15(20)5-3-14)19(25)23(22-13)16-6-8-17(9-7-16)24(26)27/h2-9,12,18H,10-11H2,1H3/t18-/m0/s1. The van der Waals surface area contributed by atoms with E-state index in [-0.39, 0.29) is 17.4 Å². The molecule has 0 fully saturated rings. The number of non-ortho nitro benzene ring substituents is 1. The van der Waals surface area contributed by atoms with Crippen LogP contribution in [0.5, 0.6) is 0 Å². The number of amides is 1. The summed E-state index contributed by atoms with van der Waals surface area (Å²) in [5, 5.41) is 16.2. The number of anilines is 1. The van der Waals surface area contributed by atoms with Gasteiger partial charge in [0, 0.05) is 24.9 Å². The molecule has 27 heavy (non-hydrogen) atoms. The molecule has 0 aromatic heterocycles. The maximum atomic E-state index is 12.9. The van der Waals surface area contributed by atoms with Gasteiger partial charge in [-0.2, -0.15) is 10.1 Å². The Hall–Kier alpha value is -3.42. The van der Waals surface area contributed by atoms with Crippen molar-refractivity contribution in [1.82, 2.24) is 0 Å². The fourth-order valence-corrected chi connectivity index (χ4v) is 2.68. The van der Waals surface area contributed by atoms with Crippen LogP contribution in [0.15, 0.2) is 58.6 Å². The average molecular weight is 368 g/mol. The van der Waals surface area contributed by atoms with Gasteiger partial charge in [-0.05, 0) is 43.2 Å². The van der Waals surface area contributed by atoms with Crippen molar-refractivity contribution in [2.45, 2.75) is 13.3 Å². The number of nitro benzene ring substituents is 1. The van der Waals surface area contributed by atoms with Gasteiger partial charge in [0.2, 0.25) is 0 Å². The smallest absolute Gasteiger partial charge is 0.269 e. The topological polar surface area (TPSA) is 88.2 Å². The van der Waals surface area contributed by atoms with E-state index in [9.17, 15) is 19.3 Å². The number of nitrogens with zero attached hydrogens (tertiary/aromatic N) is 4. The molecule has 1 amide bonds. The van der Waals surface area contributed by atoms with Crippen LogP contribution in [-0.2, 0) is 11.2 Å². The third kappa shape index (κ3) is 4.22. The van der Waals surface area contributed by atoms with Gasteiger partial charge < -0.3 is 0 Å². The van der Waals surface area contributed by atoms with E-state index >= 15 is 0 Å². The van der Waals surface area contributed by atoms with Gasteiger partial charge in [-0.3, -0.25) is 19.9 Å². The van der Waals surface area contributed by atoms with Crippen molar-refractivity contribution in [1.29, 1.82) is 0 Å². The summed E-state index contributed by atoms with van der Waals surface area (Å²) in [7, 11) is 0. The van der Waals surface area contributed by atoms with Crippen LogP contribution in [0.1, 0.15) is 12.5 Å². The van der Waals surface area contributed by atoms with Gasteiger partial charge in [0.15, 0.2) is 0 Å². The average Bonchev–Trinajstić information content (AvgIpc) is 2.94. The molecule has 0 aliphatic carbocycles. The summed E-state index contributed by atoms with van der Waals surface area (Å²) in [5.41, 5.74) is 1.98. The summed E-state index contributed by atoms with van der Waals surface area (Å²) in [6.07, 6.45) is 2.20. The molecular weight excluding hydrogens is 351 g/mol. The first-order valence-corrected chi connectivity index (χ1v) is 8.33. The summed E-state index contributed by atoms with van der Waals surface area (Å²) in [4.78, 5) is 27.1. The molecule has 1 aliphatic heterocycles. The quantitative estimate of drug-likeness (QED) is 0.445. The van der Waals surface area contributed by atoms with Crippen LogP contribution >= 0.6 is 0 Å². The van der Waals surface area contributed by atoms with E-state index in [0.717, 1.165) is 5.56 Å². The van der Waals surface area contributed by atoms with Crippen molar-refractivity contribution in [2.24, 2.45) is 16.0 Å². The highest BCUT2D eigenvalue weighted by molar-refractivity contribution is 6.23. The van der Waals surface area contributed by atoms with E-state index in [2.05, 4.69) is 10.1 Å². The van der Waals surface area contributed by atoms with E-state index in [1.54, 1.807) is 25.3 Å². The Balaban J connectivity index is 1.62. The largest absolute Gasteiger partial charge is 0.296 e. The molecule has 0 bridgehead atoms. The van der Waals surface area contributed by atoms with Crippen LogP contribution in [-0.4, -0.2) is 29.3 Å². The Labute approximate surface area is 155 Å². The fourth-order valence-electron chi connectivity index (χ4n) is 2.68. The van der Waals surface area contributed by atoms with E-state index in [4.69, 9.17) is 0 Å². The molecule has 0 saturated carbocycles. The number of hydrogen-bond acceptors (Lipinski definition) is 5. The van der Waals surface area contributed by atoms with Crippen molar-refractivity contribution < 1.29 is 14.1 Å². The first kappa shape index (κ1) is 18.4. The SMILES string of the molecule is CC1=NN(c2ccc([N+](=O)[O-])cc2)C(=O)[C@H]1C=NCCc1ccc(F)cc1. The van der Waals surface area contributed by atoms with Gasteiger partial charge in [-0.1, -0.05) is 12.1 Å². The highest BCUT2D eigenvalue weighted by Gasteiger charge is 2.33. The van der Waals surface area contributed by atoms with Crippen molar-refractivity contribution in [2.75, 3.05) is 11.6 Å². The first-order chi connectivity index (χ1) is 13.0.